The van der Waals surface area contributed by atoms with E-state index >= 15 is 0 Å². The predicted octanol–water partition coefficient (Wildman–Crippen LogP) is 4.21. The number of aromatic nitrogens is 4. The molecule has 1 amide bonds. The molecule has 3 aromatic heterocycles. The maximum Gasteiger partial charge on any atom is 0.316 e. The number of nitrogens with zero attached hydrogens (tertiary/aromatic N) is 4. The van der Waals surface area contributed by atoms with E-state index in [1.54, 1.807) is 6.92 Å². The zero-order chi connectivity index (χ0) is 23.4. The molecule has 0 aromatic carbocycles. The van der Waals surface area contributed by atoms with Gasteiger partial charge in [0.1, 0.15) is 24.2 Å². The van der Waals surface area contributed by atoms with E-state index < -0.39 is 36.8 Å². The van der Waals surface area contributed by atoms with Gasteiger partial charge in [-0.3, -0.25) is 14.8 Å². The van der Waals surface area contributed by atoms with Crippen LogP contribution in [0.1, 0.15) is 41.9 Å². The molecule has 0 radical (unpaired) electrons. The van der Waals surface area contributed by atoms with Crippen LogP contribution < -0.4 is 10.1 Å². The summed E-state index contributed by atoms with van der Waals surface area (Å²) < 4.78 is 52.3. The topological polar surface area (TPSA) is 99.1 Å². The Morgan fingerprint density at radius 1 is 1.21 bits per heavy atom. The molecule has 0 unspecified atom stereocenters. The molecular weight excluding hydrogens is 439 g/mol. The van der Waals surface area contributed by atoms with E-state index in [0.717, 1.165) is 0 Å². The SMILES string of the molecule is CCOc1ncc(C(=O)Nc2c(-c3ncccc3F)ccnc2[C@H]2CCC(F)(F)CO2)cn1. The number of carbonyl (C=O) groups excluding carboxylic acids is 1. The number of amides is 1. The van der Waals surface area contributed by atoms with Gasteiger partial charge in [0.15, 0.2) is 0 Å². The minimum Gasteiger partial charge on any atom is -0.464 e. The first-order valence-electron chi connectivity index (χ1n) is 10.2. The lowest BCUT2D eigenvalue weighted by Crippen LogP contribution is -2.31. The first-order chi connectivity index (χ1) is 15.9. The first kappa shape index (κ1) is 22.6. The van der Waals surface area contributed by atoms with Crippen LogP contribution in [0.25, 0.3) is 11.3 Å². The smallest absolute Gasteiger partial charge is 0.316 e. The molecule has 1 N–H and O–H groups in total. The van der Waals surface area contributed by atoms with Gasteiger partial charge in [0.25, 0.3) is 11.8 Å². The minimum absolute atomic E-state index is 0.0246. The van der Waals surface area contributed by atoms with Gasteiger partial charge in [0.2, 0.25) is 0 Å². The highest BCUT2D eigenvalue weighted by Gasteiger charge is 2.38. The van der Waals surface area contributed by atoms with Gasteiger partial charge in [0, 0.05) is 36.8 Å². The van der Waals surface area contributed by atoms with E-state index in [-0.39, 0.29) is 40.6 Å². The van der Waals surface area contributed by atoms with Crippen molar-refractivity contribution in [3.8, 4) is 17.3 Å². The predicted molar refractivity (Wildman–Crippen MR) is 111 cm³/mol. The third kappa shape index (κ3) is 5.08. The number of carbonyl (C=O) groups is 1. The number of anilines is 1. The van der Waals surface area contributed by atoms with Crippen molar-refractivity contribution in [1.82, 2.24) is 19.9 Å². The summed E-state index contributed by atoms with van der Waals surface area (Å²) in [7, 11) is 0. The summed E-state index contributed by atoms with van der Waals surface area (Å²) in [6.45, 7) is 1.36. The normalized spacial score (nSPS) is 17.4. The monoisotopic (exact) mass is 459 g/mol. The molecule has 1 saturated heterocycles. The third-order valence-electron chi connectivity index (χ3n) is 4.97. The second kappa shape index (κ2) is 9.49. The van der Waals surface area contributed by atoms with Crippen molar-refractivity contribution in [2.24, 2.45) is 0 Å². The van der Waals surface area contributed by atoms with E-state index in [2.05, 4.69) is 25.3 Å². The summed E-state index contributed by atoms with van der Waals surface area (Å²) in [6.07, 6.45) is 4.12. The van der Waals surface area contributed by atoms with Crippen molar-refractivity contribution < 1.29 is 27.4 Å². The molecular formula is C22H20F3N5O3. The fourth-order valence-electron chi connectivity index (χ4n) is 3.39. The highest BCUT2D eigenvalue weighted by Crippen LogP contribution is 2.40. The van der Waals surface area contributed by atoms with Crippen LogP contribution in [0.2, 0.25) is 0 Å². The molecule has 1 aliphatic heterocycles. The van der Waals surface area contributed by atoms with Crippen molar-refractivity contribution in [1.29, 1.82) is 0 Å². The van der Waals surface area contributed by atoms with E-state index in [1.165, 1.54) is 43.0 Å². The zero-order valence-electron chi connectivity index (χ0n) is 17.6. The number of pyridine rings is 2. The van der Waals surface area contributed by atoms with Gasteiger partial charge in [-0.1, -0.05) is 0 Å². The number of alkyl halides is 2. The Morgan fingerprint density at radius 3 is 2.67 bits per heavy atom. The Kier molecular flexibility index (Phi) is 6.50. The molecule has 11 heteroatoms. The fraction of sp³-hybridized carbons (Fsp3) is 0.318. The standard InChI is InChI=1S/C22H20F3N5O3/c1-2-32-21-28-10-13(11-29-21)20(31)30-18-14(17-15(23)4-3-8-26-17)6-9-27-19(18)16-5-7-22(24,25)12-33-16/h3-4,6,8-11,16H,2,5,7,12H2,1H3,(H,30,31)/t16-/m1/s1. The van der Waals surface area contributed by atoms with E-state index in [0.29, 0.717) is 6.61 Å². The van der Waals surface area contributed by atoms with Crippen molar-refractivity contribution in [3.63, 3.8) is 0 Å². The van der Waals surface area contributed by atoms with Crippen molar-refractivity contribution >= 4 is 11.6 Å². The van der Waals surface area contributed by atoms with E-state index in [4.69, 9.17) is 9.47 Å². The van der Waals surface area contributed by atoms with Crippen LogP contribution in [0.5, 0.6) is 6.01 Å². The second-order valence-electron chi connectivity index (χ2n) is 7.29. The van der Waals surface area contributed by atoms with Crippen LogP contribution in [0.3, 0.4) is 0 Å². The lowest BCUT2D eigenvalue weighted by atomic mass is 9.99. The van der Waals surface area contributed by atoms with Gasteiger partial charge in [0.05, 0.1) is 23.6 Å². The average molecular weight is 459 g/mol. The maximum atomic E-state index is 14.5. The number of hydrogen-bond donors (Lipinski definition) is 1. The van der Waals surface area contributed by atoms with Gasteiger partial charge in [-0.15, -0.1) is 0 Å². The molecule has 8 nitrogen and oxygen atoms in total. The summed E-state index contributed by atoms with van der Waals surface area (Å²) in [5, 5.41) is 2.69. The van der Waals surface area contributed by atoms with Crippen LogP contribution in [-0.4, -0.2) is 45.0 Å². The lowest BCUT2D eigenvalue weighted by molar-refractivity contribution is -0.146. The molecule has 0 saturated carbocycles. The molecule has 4 heterocycles. The number of halogens is 3. The Morgan fingerprint density at radius 2 is 2.00 bits per heavy atom. The maximum absolute atomic E-state index is 14.5. The molecule has 172 valence electrons. The number of hydrogen-bond acceptors (Lipinski definition) is 7. The number of ether oxygens (including phenoxy) is 2. The van der Waals surface area contributed by atoms with E-state index in [9.17, 15) is 18.0 Å². The van der Waals surface area contributed by atoms with Crippen LogP contribution >= 0.6 is 0 Å². The largest absolute Gasteiger partial charge is 0.464 e. The summed E-state index contributed by atoms with van der Waals surface area (Å²) >= 11 is 0. The van der Waals surface area contributed by atoms with Gasteiger partial charge in [-0.2, -0.15) is 0 Å². The number of nitrogens with one attached hydrogen (secondary N) is 1. The molecule has 1 atom stereocenters. The molecule has 3 aromatic rings. The summed E-state index contributed by atoms with van der Waals surface area (Å²) in [5.41, 5.74) is 0.633. The van der Waals surface area contributed by atoms with Crippen molar-refractivity contribution in [3.05, 3.63) is 60.1 Å². The fourth-order valence-corrected chi connectivity index (χ4v) is 3.39. The Labute approximate surface area is 187 Å². The van der Waals surface area contributed by atoms with Gasteiger partial charge >= 0.3 is 6.01 Å². The van der Waals surface area contributed by atoms with Crippen LogP contribution in [0.15, 0.2) is 43.0 Å². The Balaban J connectivity index is 1.72. The Hall–Kier alpha value is -3.60. The van der Waals surface area contributed by atoms with E-state index in [1.807, 2.05) is 0 Å². The highest BCUT2D eigenvalue weighted by atomic mass is 19.3. The Bertz CT molecular complexity index is 1130. The van der Waals surface area contributed by atoms with Crippen molar-refractivity contribution in [2.45, 2.75) is 31.8 Å². The van der Waals surface area contributed by atoms with Gasteiger partial charge in [-0.05, 0) is 31.5 Å². The van der Waals surface area contributed by atoms with Gasteiger partial charge in [-0.25, -0.2) is 23.1 Å². The van der Waals surface area contributed by atoms with Crippen LogP contribution in [0.4, 0.5) is 18.9 Å². The van der Waals surface area contributed by atoms with Crippen LogP contribution in [0, 0.1) is 5.82 Å². The highest BCUT2D eigenvalue weighted by molar-refractivity contribution is 6.06. The third-order valence-corrected chi connectivity index (χ3v) is 4.97. The lowest BCUT2D eigenvalue weighted by Gasteiger charge is -2.30. The second-order valence-corrected chi connectivity index (χ2v) is 7.29. The summed E-state index contributed by atoms with van der Waals surface area (Å²) in [5.74, 6) is -4.17. The summed E-state index contributed by atoms with van der Waals surface area (Å²) in [4.78, 5) is 29.2. The molecule has 0 spiro atoms. The first-order valence-corrected chi connectivity index (χ1v) is 10.2. The molecule has 0 bridgehead atoms. The molecule has 4 rings (SSSR count). The quantitative estimate of drug-likeness (QED) is 0.590. The number of rotatable bonds is 6. The van der Waals surface area contributed by atoms with Gasteiger partial charge < -0.3 is 14.8 Å². The minimum atomic E-state index is -2.94. The van der Waals surface area contributed by atoms with Crippen molar-refractivity contribution in [2.75, 3.05) is 18.5 Å². The van der Waals surface area contributed by atoms with Crippen LogP contribution in [-0.2, 0) is 4.74 Å². The molecule has 1 fully saturated rings. The molecule has 0 aliphatic carbocycles. The molecule has 1 aliphatic rings. The summed E-state index contributed by atoms with van der Waals surface area (Å²) in [6, 6.07) is 4.26. The zero-order valence-corrected chi connectivity index (χ0v) is 17.6. The molecule has 33 heavy (non-hydrogen) atoms. The average Bonchev–Trinajstić information content (AvgIpc) is 2.80.